The van der Waals surface area contributed by atoms with Crippen molar-refractivity contribution in [3.05, 3.63) is 63.7 Å². The minimum Gasteiger partial charge on any atom is -0.491 e. The number of anilines is 1. The van der Waals surface area contributed by atoms with Crippen molar-refractivity contribution in [3.63, 3.8) is 0 Å². The van der Waals surface area contributed by atoms with E-state index >= 15 is 0 Å². The molecule has 0 aliphatic rings. The Hall–Kier alpha value is -2.89. The molecule has 23 heavy (non-hydrogen) atoms. The van der Waals surface area contributed by atoms with Crippen LogP contribution in [0.4, 0.5) is 11.4 Å². The van der Waals surface area contributed by atoms with Gasteiger partial charge in [-0.3, -0.25) is 14.9 Å². The molecule has 1 N–H and O–H groups in total. The summed E-state index contributed by atoms with van der Waals surface area (Å²) in [5, 5.41) is 13.5. The van der Waals surface area contributed by atoms with Gasteiger partial charge in [0, 0.05) is 17.7 Å². The first-order valence-electron chi connectivity index (χ1n) is 7.20. The summed E-state index contributed by atoms with van der Waals surface area (Å²) in [5.74, 6) is 0.256. The summed E-state index contributed by atoms with van der Waals surface area (Å²) in [6.45, 7) is 5.58. The Labute approximate surface area is 134 Å². The van der Waals surface area contributed by atoms with Gasteiger partial charge in [0.1, 0.15) is 5.75 Å². The highest BCUT2D eigenvalue weighted by Gasteiger charge is 2.13. The Balaban J connectivity index is 2.22. The number of nitrogens with zero attached hydrogens (tertiary/aromatic N) is 1. The molecule has 0 aliphatic carbocycles. The first-order valence-corrected chi connectivity index (χ1v) is 7.20. The van der Waals surface area contributed by atoms with Gasteiger partial charge >= 0.3 is 0 Å². The SMILES string of the molecule is Cc1ccc([N+](=O)[O-])cc1NC(=O)c1cccc(OC(C)C)c1. The predicted molar refractivity (Wildman–Crippen MR) is 88.0 cm³/mol. The van der Waals surface area contributed by atoms with Crippen LogP contribution < -0.4 is 10.1 Å². The van der Waals surface area contributed by atoms with Gasteiger partial charge in [0.15, 0.2) is 0 Å². The number of hydrogen-bond donors (Lipinski definition) is 1. The normalized spacial score (nSPS) is 10.4. The molecule has 120 valence electrons. The minimum absolute atomic E-state index is 0.00679. The highest BCUT2D eigenvalue weighted by atomic mass is 16.6. The molecule has 0 heterocycles. The molecule has 0 aromatic heterocycles. The van der Waals surface area contributed by atoms with Crippen LogP contribution in [0.2, 0.25) is 0 Å². The lowest BCUT2D eigenvalue weighted by Gasteiger charge is -2.12. The summed E-state index contributed by atoms with van der Waals surface area (Å²) in [5.41, 5.74) is 1.52. The number of hydrogen-bond acceptors (Lipinski definition) is 4. The monoisotopic (exact) mass is 314 g/mol. The third-order valence-electron chi connectivity index (χ3n) is 3.15. The number of nitro groups is 1. The molecule has 0 fully saturated rings. The van der Waals surface area contributed by atoms with E-state index in [-0.39, 0.29) is 17.7 Å². The summed E-state index contributed by atoms with van der Waals surface area (Å²) in [6, 6.07) is 11.2. The molecule has 2 aromatic rings. The molecule has 0 spiro atoms. The molecular weight excluding hydrogens is 296 g/mol. The van der Waals surface area contributed by atoms with Gasteiger partial charge in [-0.25, -0.2) is 0 Å². The zero-order valence-corrected chi connectivity index (χ0v) is 13.2. The third-order valence-corrected chi connectivity index (χ3v) is 3.15. The van der Waals surface area contributed by atoms with Gasteiger partial charge in [-0.1, -0.05) is 12.1 Å². The number of nitrogens with one attached hydrogen (secondary N) is 1. The zero-order chi connectivity index (χ0) is 17.0. The van der Waals surface area contributed by atoms with Crippen molar-refractivity contribution in [2.24, 2.45) is 0 Å². The lowest BCUT2D eigenvalue weighted by atomic mass is 10.1. The Kier molecular flexibility index (Phi) is 4.95. The average molecular weight is 314 g/mol. The summed E-state index contributed by atoms with van der Waals surface area (Å²) < 4.78 is 5.56. The van der Waals surface area contributed by atoms with Crippen molar-refractivity contribution >= 4 is 17.3 Å². The van der Waals surface area contributed by atoms with E-state index in [1.807, 2.05) is 13.8 Å². The van der Waals surface area contributed by atoms with Crippen molar-refractivity contribution in [1.82, 2.24) is 0 Å². The first-order chi connectivity index (χ1) is 10.9. The molecule has 0 aliphatic heterocycles. The van der Waals surface area contributed by atoms with Gasteiger partial charge in [0.05, 0.1) is 16.7 Å². The molecule has 0 saturated heterocycles. The summed E-state index contributed by atoms with van der Waals surface area (Å²) in [7, 11) is 0. The number of rotatable bonds is 5. The van der Waals surface area contributed by atoms with Crippen molar-refractivity contribution in [3.8, 4) is 5.75 Å². The van der Waals surface area contributed by atoms with E-state index < -0.39 is 4.92 Å². The van der Waals surface area contributed by atoms with Crippen LogP contribution in [-0.2, 0) is 0 Å². The van der Waals surface area contributed by atoms with E-state index in [1.165, 1.54) is 12.1 Å². The lowest BCUT2D eigenvalue weighted by molar-refractivity contribution is -0.384. The fraction of sp³-hybridized carbons (Fsp3) is 0.235. The van der Waals surface area contributed by atoms with E-state index in [2.05, 4.69) is 5.32 Å². The van der Waals surface area contributed by atoms with Crippen molar-refractivity contribution in [1.29, 1.82) is 0 Å². The molecule has 0 bridgehead atoms. The molecule has 6 nitrogen and oxygen atoms in total. The van der Waals surface area contributed by atoms with E-state index in [0.29, 0.717) is 17.0 Å². The minimum atomic E-state index is -0.494. The van der Waals surface area contributed by atoms with Gasteiger partial charge < -0.3 is 10.1 Å². The molecule has 0 radical (unpaired) electrons. The summed E-state index contributed by atoms with van der Waals surface area (Å²) in [4.78, 5) is 22.7. The van der Waals surface area contributed by atoms with Crippen molar-refractivity contribution in [2.75, 3.05) is 5.32 Å². The maximum atomic E-state index is 12.3. The Bertz CT molecular complexity index is 741. The zero-order valence-electron chi connectivity index (χ0n) is 13.2. The van der Waals surface area contributed by atoms with E-state index in [4.69, 9.17) is 4.74 Å². The van der Waals surface area contributed by atoms with Crippen LogP contribution in [0.3, 0.4) is 0 Å². The maximum absolute atomic E-state index is 12.3. The number of amides is 1. The van der Waals surface area contributed by atoms with Crippen molar-refractivity contribution < 1.29 is 14.5 Å². The fourth-order valence-electron chi connectivity index (χ4n) is 2.04. The first kappa shape index (κ1) is 16.5. The van der Waals surface area contributed by atoms with Gasteiger partial charge in [-0.05, 0) is 44.5 Å². The standard InChI is InChI=1S/C17H18N2O4/c1-11(2)23-15-6-4-5-13(9-15)17(20)18-16-10-14(19(21)22)8-7-12(16)3/h4-11H,1-3H3,(H,18,20). The largest absolute Gasteiger partial charge is 0.491 e. The third kappa shape index (κ3) is 4.29. The quantitative estimate of drug-likeness (QED) is 0.669. The van der Waals surface area contributed by atoms with Crippen LogP contribution in [0, 0.1) is 17.0 Å². The second kappa shape index (κ2) is 6.91. The van der Waals surface area contributed by atoms with Crippen molar-refractivity contribution in [2.45, 2.75) is 26.9 Å². The highest BCUT2D eigenvalue weighted by molar-refractivity contribution is 6.05. The van der Waals surface area contributed by atoms with E-state index in [9.17, 15) is 14.9 Å². The van der Waals surface area contributed by atoms with Gasteiger partial charge in [0.25, 0.3) is 11.6 Å². The molecular formula is C17H18N2O4. The maximum Gasteiger partial charge on any atom is 0.271 e. The Morgan fingerprint density at radius 2 is 1.96 bits per heavy atom. The van der Waals surface area contributed by atoms with Crippen LogP contribution in [0.5, 0.6) is 5.75 Å². The van der Waals surface area contributed by atoms with Crippen LogP contribution >= 0.6 is 0 Å². The van der Waals surface area contributed by atoms with Gasteiger partial charge in [-0.2, -0.15) is 0 Å². The molecule has 2 rings (SSSR count). The number of aryl methyl sites for hydroxylation is 1. The van der Waals surface area contributed by atoms with Crippen LogP contribution in [0.15, 0.2) is 42.5 Å². The second-order valence-corrected chi connectivity index (χ2v) is 5.40. The van der Waals surface area contributed by atoms with Gasteiger partial charge in [-0.15, -0.1) is 0 Å². The van der Waals surface area contributed by atoms with Crippen LogP contribution in [-0.4, -0.2) is 16.9 Å². The molecule has 0 atom stereocenters. The van der Waals surface area contributed by atoms with Crippen LogP contribution in [0.25, 0.3) is 0 Å². The summed E-state index contributed by atoms with van der Waals surface area (Å²) >= 11 is 0. The number of benzene rings is 2. The molecule has 0 saturated carbocycles. The average Bonchev–Trinajstić information content (AvgIpc) is 2.48. The topological polar surface area (TPSA) is 81.5 Å². The Morgan fingerprint density at radius 1 is 1.22 bits per heavy atom. The molecule has 2 aromatic carbocycles. The smallest absolute Gasteiger partial charge is 0.271 e. The van der Waals surface area contributed by atoms with E-state index in [1.54, 1.807) is 37.3 Å². The van der Waals surface area contributed by atoms with Gasteiger partial charge in [0.2, 0.25) is 0 Å². The Morgan fingerprint density at radius 3 is 2.61 bits per heavy atom. The number of carbonyl (C=O) groups excluding carboxylic acids is 1. The van der Waals surface area contributed by atoms with E-state index in [0.717, 1.165) is 5.56 Å². The predicted octanol–water partition coefficient (Wildman–Crippen LogP) is 3.94. The number of carbonyl (C=O) groups is 1. The number of nitro benzene ring substituents is 1. The number of ether oxygens (including phenoxy) is 1. The summed E-state index contributed by atoms with van der Waals surface area (Å²) in [6.07, 6.45) is 0.00679. The molecule has 1 amide bonds. The number of non-ortho nitro benzene ring substituents is 1. The molecule has 0 unspecified atom stereocenters. The second-order valence-electron chi connectivity index (χ2n) is 5.40. The molecule has 6 heteroatoms. The fourth-order valence-corrected chi connectivity index (χ4v) is 2.04. The van der Waals surface area contributed by atoms with Crippen LogP contribution in [0.1, 0.15) is 29.8 Å². The highest BCUT2D eigenvalue weighted by Crippen LogP contribution is 2.23. The lowest BCUT2D eigenvalue weighted by Crippen LogP contribution is -2.13.